The first-order chi connectivity index (χ1) is 10.4. The van der Waals surface area contributed by atoms with Crippen molar-refractivity contribution in [2.24, 2.45) is 11.8 Å². The van der Waals surface area contributed by atoms with Gasteiger partial charge in [0.25, 0.3) is 0 Å². The van der Waals surface area contributed by atoms with Gasteiger partial charge in [-0.2, -0.15) is 0 Å². The minimum absolute atomic E-state index is 0.0326. The number of fused-ring (bicyclic) bond motifs is 1. The lowest BCUT2D eigenvalue weighted by atomic mass is 9.78. The highest BCUT2D eigenvalue weighted by Gasteiger charge is 2.49. The summed E-state index contributed by atoms with van der Waals surface area (Å²) in [5.74, 6) is -0.725. The summed E-state index contributed by atoms with van der Waals surface area (Å²) in [6.45, 7) is 5.56. The molecule has 4 heteroatoms. The SMILES string of the molecule is CC(=O)c1ccc(N2C(=O)[C@@H]3CC(C)=C(C)C[C@H]3C2=O)cc1. The minimum Gasteiger partial charge on any atom is -0.295 e. The summed E-state index contributed by atoms with van der Waals surface area (Å²) in [4.78, 5) is 37.9. The molecular weight excluding hydrogens is 278 g/mol. The van der Waals surface area contributed by atoms with Gasteiger partial charge in [-0.1, -0.05) is 11.1 Å². The van der Waals surface area contributed by atoms with Crippen LogP contribution in [0.3, 0.4) is 0 Å². The van der Waals surface area contributed by atoms with Crippen LogP contribution in [0.1, 0.15) is 44.0 Å². The fourth-order valence-electron chi connectivity index (χ4n) is 3.35. The van der Waals surface area contributed by atoms with Crippen molar-refractivity contribution in [3.05, 3.63) is 41.0 Å². The number of amides is 2. The molecule has 3 rings (SSSR count). The predicted molar refractivity (Wildman–Crippen MR) is 83.5 cm³/mol. The molecule has 2 amide bonds. The van der Waals surface area contributed by atoms with E-state index in [9.17, 15) is 14.4 Å². The molecule has 22 heavy (non-hydrogen) atoms. The number of allylic oxidation sites excluding steroid dienone is 2. The van der Waals surface area contributed by atoms with Crippen LogP contribution in [-0.2, 0) is 9.59 Å². The van der Waals surface area contributed by atoms with Crippen molar-refractivity contribution in [1.29, 1.82) is 0 Å². The Balaban J connectivity index is 1.92. The molecule has 0 spiro atoms. The third kappa shape index (κ3) is 2.19. The van der Waals surface area contributed by atoms with Crippen LogP contribution in [0.5, 0.6) is 0 Å². The second kappa shape index (κ2) is 5.20. The van der Waals surface area contributed by atoms with Crippen LogP contribution in [0.15, 0.2) is 35.4 Å². The smallest absolute Gasteiger partial charge is 0.238 e. The molecule has 4 nitrogen and oxygen atoms in total. The summed E-state index contributed by atoms with van der Waals surface area (Å²) in [7, 11) is 0. The molecule has 0 saturated carbocycles. The van der Waals surface area contributed by atoms with Crippen LogP contribution in [0, 0.1) is 11.8 Å². The maximum Gasteiger partial charge on any atom is 0.238 e. The maximum atomic E-state index is 12.6. The molecule has 1 saturated heterocycles. The topological polar surface area (TPSA) is 54.5 Å². The lowest BCUT2D eigenvalue weighted by Crippen LogP contribution is -2.30. The number of ketones is 1. The highest BCUT2D eigenvalue weighted by atomic mass is 16.2. The summed E-state index contributed by atoms with van der Waals surface area (Å²) in [5.41, 5.74) is 3.57. The van der Waals surface area contributed by atoms with Crippen molar-refractivity contribution >= 4 is 23.3 Å². The second-order valence-electron chi connectivity index (χ2n) is 6.30. The third-order valence-electron chi connectivity index (χ3n) is 4.87. The van der Waals surface area contributed by atoms with Crippen molar-refractivity contribution < 1.29 is 14.4 Å². The van der Waals surface area contributed by atoms with E-state index in [1.54, 1.807) is 24.3 Å². The number of imide groups is 1. The summed E-state index contributed by atoms with van der Waals surface area (Å²) >= 11 is 0. The van der Waals surface area contributed by atoms with Gasteiger partial charge in [-0.05, 0) is 57.9 Å². The van der Waals surface area contributed by atoms with Crippen LogP contribution in [-0.4, -0.2) is 17.6 Å². The van der Waals surface area contributed by atoms with Crippen LogP contribution in [0.25, 0.3) is 0 Å². The largest absolute Gasteiger partial charge is 0.295 e. The summed E-state index contributed by atoms with van der Waals surface area (Å²) < 4.78 is 0. The van der Waals surface area contributed by atoms with Gasteiger partial charge in [-0.15, -0.1) is 0 Å². The number of benzene rings is 1. The Hall–Kier alpha value is -2.23. The van der Waals surface area contributed by atoms with Crippen molar-refractivity contribution in [2.75, 3.05) is 4.90 Å². The molecule has 114 valence electrons. The molecule has 0 bridgehead atoms. The van der Waals surface area contributed by atoms with E-state index >= 15 is 0 Å². The molecule has 2 aliphatic rings. The normalized spacial score (nSPS) is 24.8. The first-order valence-corrected chi connectivity index (χ1v) is 7.54. The second-order valence-corrected chi connectivity index (χ2v) is 6.30. The molecule has 1 aliphatic carbocycles. The maximum absolute atomic E-state index is 12.6. The van der Waals surface area contributed by atoms with Crippen LogP contribution in [0.2, 0.25) is 0 Å². The first-order valence-electron chi connectivity index (χ1n) is 7.54. The molecule has 0 N–H and O–H groups in total. The molecule has 0 aromatic heterocycles. The number of rotatable bonds is 2. The summed E-state index contributed by atoms with van der Waals surface area (Å²) in [6.07, 6.45) is 1.34. The molecule has 1 aromatic carbocycles. The third-order valence-corrected chi connectivity index (χ3v) is 4.87. The predicted octanol–water partition coefficient (Wildman–Crippen LogP) is 3.13. The zero-order chi connectivity index (χ0) is 16.0. The van der Waals surface area contributed by atoms with E-state index in [2.05, 4.69) is 0 Å². The number of carbonyl (C=O) groups is 3. The quantitative estimate of drug-likeness (QED) is 0.479. The standard InChI is InChI=1S/C18H19NO3/c1-10-8-15-16(9-11(10)2)18(22)19(17(15)21)14-6-4-13(5-7-14)12(3)20/h4-7,15-16H,8-9H2,1-3H3/t15-,16-/m1/s1. The molecule has 2 atom stereocenters. The summed E-state index contributed by atoms with van der Waals surface area (Å²) in [5, 5.41) is 0. The monoisotopic (exact) mass is 297 g/mol. The number of anilines is 1. The van der Waals surface area contributed by atoms with Gasteiger partial charge in [0, 0.05) is 5.56 Å². The van der Waals surface area contributed by atoms with Gasteiger partial charge >= 0.3 is 0 Å². The van der Waals surface area contributed by atoms with E-state index in [0.29, 0.717) is 24.1 Å². The number of nitrogens with zero attached hydrogens (tertiary/aromatic N) is 1. The highest BCUT2D eigenvalue weighted by molar-refractivity contribution is 6.22. The minimum atomic E-state index is -0.233. The molecule has 1 aliphatic heterocycles. The highest BCUT2D eigenvalue weighted by Crippen LogP contribution is 2.42. The van der Waals surface area contributed by atoms with Gasteiger partial charge in [0.15, 0.2) is 5.78 Å². The van der Waals surface area contributed by atoms with E-state index in [4.69, 9.17) is 0 Å². The lowest BCUT2D eigenvalue weighted by Gasteiger charge is -2.23. The Morgan fingerprint density at radius 1 is 0.955 bits per heavy atom. The van der Waals surface area contributed by atoms with Gasteiger partial charge in [0.2, 0.25) is 11.8 Å². The van der Waals surface area contributed by atoms with E-state index in [1.807, 2.05) is 13.8 Å². The average molecular weight is 297 g/mol. The number of carbonyl (C=O) groups excluding carboxylic acids is 3. The molecule has 0 radical (unpaired) electrons. The molecule has 1 heterocycles. The summed E-state index contributed by atoms with van der Waals surface area (Å²) in [6, 6.07) is 6.68. The number of hydrogen-bond acceptors (Lipinski definition) is 3. The van der Waals surface area contributed by atoms with Crippen LogP contribution >= 0.6 is 0 Å². The van der Waals surface area contributed by atoms with E-state index < -0.39 is 0 Å². The Morgan fingerprint density at radius 3 is 1.82 bits per heavy atom. The first kappa shape index (κ1) is 14.7. The van der Waals surface area contributed by atoms with Gasteiger partial charge in [-0.25, -0.2) is 0 Å². The van der Waals surface area contributed by atoms with E-state index in [0.717, 1.165) is 0 Å². The van der Waals surface area contributed by atoms with Gasteiger partial charge < -0.3 is 0 Å². The van der Waals surface area contributed by atoms with Gasteiger partial charge in [0.05, 0.1) is 17.5 Å². The van der Waals surface area contributed by atoms with Gasteiger partial charge in [-0.3, -0.25) is 19.3 Å². The fourth-order valence-corrected chi connectivity index (χ4v) is 3.35. The number of hydrogen-bond donors (Lipinski definition) is 0. The zero-order valence-corrected chi connectivity index (χ0v) is 13.1. The van der Waals surface area contributed by atoms with Gasteiger partial charge in [0.1, 0.15) is 0 Å². The van der Waals surface area contributed by atoms with Crippen molar-refractivity contribution in [1.82, 2.24) is 0 Å². The molecular formula is C18H19NO3. The van der Waals surface area contributed by atoms with Crippen molar-refractivity contribution in [3.63, 3.8) is 0 Å². The van der Waals surface area contributed by atoms with Crippen LogP contribution in [0.4, 0.5) is 5.69 Å². The Morgan fingerprint density at radius 2 is 1.41 bits per heavy atom. The molecule has 1 fully saturated rings. The Labute approximate surface area is 129 Å². The lowest BCUT2D eigenvalue weighted by molar-refractivity contribution is -0.122. The van der Waals surface area contributed by atoms with E-state index in [-0.39, 0.29) is 29.4 Å². The zero-order valence-electron chi connectivity index (χ0n) is 13.1. The average Bonchev–Trinajstić information content (AvgIpc) is 2.72. The fraction of sp³-hybridized carbons (Fsp3) is 0.389. The Bertz CT molecular complexity index is 668. The van der Waals surface area contributed by atoms with Crippen LogP contribution < -0.4 is 4.90 Å². The van der Waals surface area contributed by atoms with Crippen molar-refractivity contribution in [2.45, 2.75) is 33.6 Å². The van der Waals surface area contributed by atoms with Crippen molar-refractivity contribution in [3.8, 4) is 0 Å². The molecule has 1 aromatic rings. The Kier molecular flexibility index (Phi) is 3.47. The molecule has 0 unspecified atom stereocenters. The van der Waals surface area contributed by atoms with E-state index in [1.165, 1.54) is 23.0 Å². The number of Topliss-reactive ketones (excluding diaryl/α,β-unsaturated/α-hetero) is 1.